The second-order valence-electron chi connectivity index (χ2n) is 1.57. The van der Waals surface area contributed by atoms with Gasteiger partial charge in [0, 0.05) is 0 Å². The standard InChI is InChI=1S/C3H5FO4S/c4-3-1-7-9(5,6)8-2-3/h3H,1-2H2. The van der Waals surface area contributed by atoms with E-state index < -0.39 is 29.8 Å². The van der Waals surface area contributed by atoms with Crippen LogP contribution in [-0.4, -0.2) is 27.8 Å². The molecule has 0 radical (unpaired) electrons. The fourth-order valence-electron chi connectivity index (χ4n) is 0.396. The van der Waals surface area contributed by atoms with Gasteiger partial charge in [0.25, 0.3) is 0 Å². The fourth-order valence-corrected chi connectivity index (χ4v) is 1.09. The van der Waals surface area contributed by atoms with Crippen LogP contribution in [-0.2, 0) is 18.8 Å². The first kappa shape index (κ1) is 6.91. The molecule has 0 aromatic heterocycles. The predicted molar refractivity (Wildman–Crippen MR) is 25.7 cm³/mol. The molecule has 0 spiro atoms. The van der Waals surface area contributed by atoms with Crippen molar-refractivity contribution in [2.45, 2.75) is 6.17 Å². The molecule has 0 aromatic carbocycles. The number of hydrogen-bond donors (Lipinski definition) is 0. The summed E-state index contributed by atoms with van der Waals surface area (Å²) in [6, 6.07) is 0. The highest BCUT2D eigenvalue weighted by atomic mass is 32.3. The summed E-state index contributed by atoms with van der Waals surface area (Å²) in [6.07, 6.45) is -1.33. The van der Waals surface area contributed by atoms with E-state index in [9.17, 15) is 12.8 Å². The summed E-state index contributed by atoms with van der Waals surface area (Å²) < 4.78 is 40.3. The van der Waals surface area contributed by atoms with E-state index >= 15 is 0 Å². The number of alkyl halides is 1. The molecule has 0 atom stereocenters. The van der Waals surface area contributed by atoms with Crippen LogP contribution in [0.3, 0.4) is 0 Å². The minimum absolute atomic E-state index is 0.428. The molecule has 4 nitrogen and oxygen atoms in total. The summed E-state index contributed by atoms with van der Waals surface area (Å²) in [5, 5.41) is 0. The minimum Gasteiger partial charge on any atom is -0.245 e. The summed E-state index contributed by atoms with van der Waals surface area (Å²) >= 11 is 0. The van der Waals surface area contributed by atoms with E-state index in [-0.39, 0.29) is 0 Å². The second-order valence-corrected chi connectivity index (χ2v) is 2.86. The summed E-state index contributed by atoms with van der Waals surface area (Å²) in [7, 11) is -3.86. The van der Waals surface area contributed by atoms with Crippen LogP contribution in [0.4, 0.5) is 4.39 Å². The normalized spacial score (nSPS) is 28.1. The Balaban J connectivity index is 2.55. The molecule has 1 heterocycles. The molecule has 0 bridgehead atoms. The van der Waals surface area contributed by atoms with E-state index in [2.05, 4.69) is 8.37 Å². The molecule has 1 aliphatic rings. The van der Waals surface area contributed by atoms with Crippen molar-refractivity contribution in [3.63, 3.8) is 0 Å². The third kappa shape index (κ3) is 1.88. The number of halogens is 1. The van der Waals surface area contributed by atoms with E-state index in [4.69, 9.17) is 0 Å². The van der Waals surface area contributed by atoms with E-state index in [1.807, 2.05) is 0 Å². The lowest BCUT2D eigenvalue weighted by atomic mass is 10.4. The molecule has 9 heavy (non-hydrogen) atoms. The van der Waals surface area contributed by atoms with E-state index in [1.54, 1.807) is 0 Å². The molecule has 6 heteroatoms. The van der Waals surface area contributed by atoms with Crippen LogP contribution in [0.2, 0.25) is 0 Å². The minimum atomic E-state index is -3.86. The average Bonchev–Trinajstić information content (AvgIpc) is 1.78. The molecule has 0 N–H and O–H groups in total. The van der Waals surface area contributed by atoms with Crippen LogP contribution >= 0.6 is 0 Å². The van der Waals surface area contributed by atoms with Crippen molar-refractivity contribution in [1.82, 2.24) is 0 Å². The third-order valence-electron chi connectivity index (χ3n) is 0.786. The third-order valence-corrected chi connectivity index (χ3v) is 1.64. The molecule has 0 unspecified atom stereocenters. The van der Waals surface area contributed by atoms with Gasteiger partial charge in [-0.1, -0.05) is 0 Å². The molecule has 1 saturated heterocycles. The maximum absolute atomic E-state index is 12.0. The highest BCUT2D eigenvalue weighted by molar-refractivity contribution is 7.81. The zero-order chi connectivity index (χ0) is 6.91. The predicted octanol–water partition coefficient (Wildman–Crippen LogP) is -0.384. The Labute approximate surface area is 51.9 Å². The molecule has 1 rings (SSSR count). The quantitative estimate of drug-likeness (QED) is 0.479. The van der Waals surface area contributed by atoms with Gasteiger partial charge in [-0.2, -0.15) is 8.42 Å². The number of rotatable bonds is 0. The molecule has 1 aliphatic heterocycles. The largest absolute Gasteiger partial charge is 0.400 e. The van der Waals surface area contributed by atoms with Crippen molar-refractivity contribution in [2.75, 3.05) is 13.2 Å². The van der Waals surface area contributed by atoms with Crippen molar-refractivity contribution >= 4 is 10.4 Å². The monoisotopic (exact) mass is 156 g/mol. The van der Waals surface area contributed by atoms with E-state index in [0.717, 1.165) is 0 Å². The van der Waals surface area contributed by atoms with Gasteiger partial charge in [0.15, 0.2) is 0 Å². The lowest BCUT2D eigenvalue weighted by Crippen LogP contribution is -2.29. The first-order valence-electron chi connectivity index (χ1n) is 2.28. The zero-order valence-corrected chi connectivity index (χ0v) is 5.23. The van der Waals surface area contributed by atoms with Gasteiger partial charge < -0.3 is 0 Å². The van der Waals surface area contributed by atoms with Crippen molar-refractivity contribution in [1.29, 1.82) is 0 Å². The first-order chi connectivity index (χ1) is 4.10. The Morgan fingerprint density at radius 1 is 1.33 bits per heavy atom. The maximum Gasteiger partial charge on any atom is 0.400 e. The first-order valence-corrected chi connectivity index (χ1v) is 3.61. The summed E-state index contributed by atoms with van der Waals surface area (Å²) in [6.45, 7) is -0.856. The highest BCUT2D eigenvalue weighted by Gasteiger charge is 2.24. The van der Waals surface area contributed by atoms with Crippen molar-refractivity contribution < 1.29 is 21.2 Å². The zero-order valence-electron chi connectivity index (χ0n) is 4.41. The molecule has 0 amide bonds. The van der Waals surface area contributed by atoms with Gasteiger partial charge in [-0.05, 0) is 0 Å². The SMILES string of the molecule is O=S1(=O)OCC(F)CO1. The Morgan fingerprint density at radius 2 is 1.78 bits per heavy atom. The topological polar surface area (TPSA) is 52.6 Å². The smallest absolute Gasteiger partial charge is 0.245 e. The van der Waals surface area contributed by atoms with Gasteiger partial charge in [0.05, 0.1) is 0 Å². The van der Waals surface area contributed by atoms with Crippen LogP contribution in [0.1, 0.15) is 0 Å². The lowest BCUT2D eigenvalue weighted by Gasteiger charge is -2.14. The van der Waals surface area contributed by atoms with Gasteiger partial charge in [-0.3, -0.25) is 0 Å². The van der Waals surface area contributed by atoms with Gasteiger partial charge in [-0.25, -0.2) is 12.8 Å². The van der Waals surface area contributed by atoms with Crippen LogP contribution in [0.25, 0.3) is 0 Å². The Hall–Kier alpha value is -0.200. The van der Waals surface area contributed by atoms with Gasteiger partial charge >= 0.3 is 10.4 Å². The van der Waals surface area contributed by atoms with Crippen molar-refractivity contribution in [3.05, 3.63) is 0 Å². The Morgan fingerprint density at radius 3 is 2.11 bits per heavy atom. The van der Waals surface area contributed by atoms with Gasteiger partial charge in [0.1, 0.15) is 19.4 Å². The number of hydrogen-bond acceptors (Lipinski definition) is 4. The summed E-state index contributed by atoms with van der Waals surface area (Å²) in [5.41, 5.74) is 0. The molecule has 0 aliphatic carbocycles. The van der Waals surface area contributed by atoms with Crippen LogP contribution in [0.5, 0.6) is 0 Å². The highest BCUT2D eigenvalue weighted by Crippen LogP contribution is 2.07. The van der Waals surface area contributed by atoms with Gasteiger partial charge in [-0.15, -0.1) is 0 Å². The van der Waals surface area contributed by atoms with Crippen LogP contribution in [0, 0.1) is 0 Å². The van der Waals surface area contributed by atoms with Crippen LogP contribution in [0.15, 0.2) is 0 Å². The average molecular weight is 156 g/mol. The molecule has 0 saturated carbocycles. The molecular weight excluding hydrogens is 151 g/mol. The second kappa shape index (κ2) is 2.20. The summed E-state index contributed by atoms with van der Waals surface area (Å²) in [5.74, 6) is 0. The molecule has 1 fully saturated rings. The van der Waals surface area contributed by atoms with Crippen molar-refractivity contribution in [2.24, 2.45) is 0 Å². The Bertz CT molecular complexity index is 172. The molecule has 54 valence electrons. The van der Waals surface area contributed by atoms with E-state index in [1.165, 1.54) is 0 Å². The van der Waals surface area contributed by atoms with Crippen molar-refractivity contribution in [3.8, 4) is 0 Å². The summed E-state index contributed by atoms with van der Waals surface area (Å²) in [4.78, 5) is 0. The fraction of sp³-hybridized carbons (Fsp3) is 1.00. The lowest BCUT2D eigenvalue weighted by molar-refractivity contribution is 0.0757. The Kier molecular flexibility index (Phi) is 1.69. The molecule has 0 aromatic rings. The maximum atomic E-state index is 12.0. The van der Waals surface area contributed by atoms with Crippen LogP contribution < -0.4 is 0 Å². The van der Waals surface area contributed by atoms with E-state index in [0.29, 0.717) is 0 Å². The van der Waals surface area contributed by atoms with Gasteiger partial charge in [0.2, 0.25) is 0 Å². The molecular formula is C3H5FO4S.